The van der Waals surface area contributed by atoms with Crippen LogP contribution in [0.4, 0.5) is 18.9 Å². The van der Waals surface area contributed by atoms with E-state index in [0.717, 1.165) is 4.90 Å². The number of ketones is 1. The summed E-state index contributed by atoms with van der Waals surface area (Å²) in [5, 5.41) is 9.60. The van der Waals surface area contributed by atoms with Gasteiger partial charge in [0.25, 0.3) is 0 Å². The third kappa shape index (κ3) is 1.77. The van der Waals surface area contributed by atoms with E-state index in [-0.39, 0.29) is 22.7 Å². The van der Waals surface area contributed by atoms with Gasteiger partial charge in [0.2, 0.25) is 12.1 Å². The van der Waals surface area contributed by atoms with E-state index in [1.165, 1.54) is 36.4 Å². The lowest BCUT2D eigenvalue weighted by Crippen LogP contribution is -2.57. The standard InChI is InChI=1S/C20H10F3NO4/c21-14-13-16(25)12(19(26)27)9-5-3-4-8-20(9)17(13)24(18(23)15(14)22)10-6-1-2-7-11(10)28-20/h1-8,18H,(H,26,27). The minimum absolute atomic E-state index is 0.0759. The van der Waals surface area contributed by atoms with Crippen molar-refractivity contribution >= 4 is 17.4 Å². The number of anilines is 1. The number of Topliss-reactive ketones (excluding diaryl/α,β-unsaturated/α-hetero) is 1. The monoisotopic (exact) mass is 385 g/mol. The molecule has 4 aliphatic rings. The molecule has 2 unspecified atom stereocenters. The molecule has 0 aromatic heterocycles. The van der Waals surface area contributed by atoms with Crippen LogP contribution in [0.15, 0.2) is 82.6 Å². The van der Waals surface area contributed by atoms with E-state index in [1.807, 2.05) is 0 Å². The molecule has 0 saturated heterocycles. The smallest absolute Gasteiger partial charge is 0.340 e. The number of carboxylic acid groups (broad SMARTS) is 1. The van der Waals surface area contributed by atoms with Crippen molar-refractivity contribution in [1.29, 1.82) is 0 Å². The number of aliphatic carboxylic acids is 1. The maximum atomic E-state index is 15.0. The molecular formula is C20H10F3NO4. The number of hydrogen-bond donors (Lipinski definition) is 1. The number of hydrogen-bond acceptors (Lipinski definition) is 4. The summed E-state index contributed by atoms with van der Waals surface area (Å²) in [6.07, 6.45) is 3.21. The number of halogens is 3. The summed E-state index contributed by atoms with van der Waals surface area (Å²) in [4.78, 5) is 25.5. The van der Waals surface area contributed by atoms with E-state index in [4.69, 9.17) is 4.74 Å². The van der Waals surface area contributed by atoms with Gasteiger partial charge in [-0.05, 0) is 18.2 Å². The summed E-state index contributed by atoms with van der Waals surface area (Å²) in [5.41, 5.74) is -3.62. The van der Waals surface area contributed by atoms with Gasteiger partial charge in [-0.15, -0.1) is 0 Å². The van der Waals surface area contributed by atoms with Crippen molar-refractivity contribution in [1.82, 2.24) is 0 Å². The van der Waals surface area contributed by atoms with Crippen LogP contribution < -0.4 is 9.64 Å². The lowest BCUT2D eigenvalue weighted by molar-refractivity contribution is -0.134. The number of para-hydroxylation sites is 2. The van der Waals surface area contributed by atoms with Crippen LogP contribution in [0.5, 0.6) is 5.75 Å². The van der Waals surface area contributed by atoms with Crippen LogP contribution in [0.25, 0.3) is 0 Å². The van der Waals surface area contributed by atoms with E-state index in [0.29, 0.717) is 0 Å². The van der Waals surface area contributed by atoms with E-state index >= 15 is 0 Å². The van der Waals surface area contributed by atoms with E-state index < -0.39 is 46.4 Å². The average Bonchev–Trinajstić information content (AvgIpc) is 2.67. The van der Waals surface area contributed by atoms with Crippen molar-refractivity contribution in [2.24, 2.45) is 0 Å². The Hall–Kier alpha value is -3.55. The number of alkyl halides is 1. The Labute approximate surface area is 156 Å². The molecule has 2 aliphatic carbocycles. The molecule has 1 aromatic carbocycles. The van der Waals surface area contributed by atoms with Crippen LogP contribution >= 0.6 is 0 Å². The summed E-state index contributed by atoms with van der Waals surface area (Å²) in [6, 6.07) is 6.10. The second-order valence-electron chi connectivity index (χ2n) is 6.54. The van der Waals surface area contributed by atoms with Gasteiger partial charge in [0.15, 0.2) is 17.3 Å². The Morgan fingerprint density at radius 1 is 1.21 bits per heavy atom. The molecule has 8 heteroatoms. The highest BCUT2D eigenvalue weighted by Crippen LogP contribution is 2.56. The highest BCUT2D eigenvalue weighted by molar-refractivity contribution is 6.28. The number of rotatable bonds is 1. The first-order valence-corrected chi connectivity index (χ1v) is 8.29. The minimum Gasteiger partial charge on any atom is -0.478 e. The number of carbonyl (C=O) groups excluding carboxylic acids is 1. The largest absolute Gasteiger partial charge is 0.478 e. The summed E-state index contributed by atoms with van der Waals surface area (Å²) >= 11 is 0. The molecule has 0 fully saturated rings. The number of fused-ring (bicyclic) bond motifs is 2. The zero-order valence-corrected chi connectivity index (χ0v) is 13.9. The highest BCUT2D eigenvalue weighted by atomic mass is 19.2. The van der Waals surface area contributed by atoms with E-state index in [2.05, 4.69) is 0 Å². The maximum absolute atomic E-state index is 15.0. The second-order valence-corrected chi connectivity index (χ2v) is 6.54. The number of carbonyl (C=O) groups is 2. The molecule has 2 atom stereocenters. The Bertz CT molecular complexity index is 1140. The lowest BCUT2D eigenvalue weighted by Gasteiger charge is -2.50. The van der Waals surface area contributed by atoms with Gasteiger partial charge in [-0.3, -0.25) is 4.79 Å². The van der Waals surface area contributed by atoms with Crippen molar-refractivity contribution in [2.45, 2.75) is 11.9 Å². The van der Waals surface area contributed by atoms with Crippen LogP contribution in [0.2, 0.25) is 0 Å². The summed E-state index contributed by atoms with van der Waals surface area (Å²) < 4.78 is 50.1. The first kappa shape index (κ1) is 16.6. The molecule has 5 rings (SSSR count). The Morgan fingerprint density at radius 2 is 1.96 bits per heavy atom. The Balaban J connectivity index is 1.95. The molecule has 5 nitrogen and oxygen atoms in total. The number of carboxylic acids is 1. The molecule has 1 aromatic rings. The molecule has 28 heavy (non-hydrogen) atoms. The first-order chi connectivity index (χ1) is 13.4. The van der Waals surface area contributed by atoms with Gasteiger partial charge in [0, 0.05) is 5.57 Å². The van der Waals surface area contributed by atoms with Crippen LogP contribution in [-0.4, -0.2) is 28.8 Å². The summed E-state index contributed by atoms with van der Waals surface area (Å²) in [7, 11) is 0. The highest BCUT2D eigenvalue weighted by Gasteiger charge is 2.59. The molecular weight excluding hydrogens is 375 g/mol. The molecule has 0 saturated carbocycles. The van der Waals surface area contributed by atoms with Crippen molar-refractivity contribution in [3.63, 3.8) is 0 Å². The van der Waals surface area contributed by atoms with Gasteiger partial charge >= 0.3 is 5.97 Å². The number of nitrogens with zero attached hydrogens (tertiary/aromatic N) is 1. The van der Waals surface area contributed by atoms with Crippen molar-refractivity contribution in [3.05, 3.63) is 82.6 Å². The van der Waals surface area contributed by atoms with Gasteiger partial charge in [0.05, 0.1) is 17.0 Å². The zero-order valence-electron chi connectivity index (χ0n) is 13.9. The molecule has 0 amide bonds. The predicted octanol–water partition coefficient (Wildman–Crippen LogP) is 3.43. The van der Waals surface area contributed by atoms with Gasteiger partial charge in [-0.25, -0.2) is 18.0 Å². The normalized spacial score (nSPS) is 27.5. The first-order valence-electron chi connectivity index (χ1n) is 8.29. The zero-order chi connectivity index (χ0) is 19.8. The quantitative estimate of drug-likeness (QED) is 0.593. The third-order valence-corrected chi connectivity index (χ3v) is 5.13. The number of benzene rings is 1. The van der Waals surface area contributed by atoms with Gasteiger partial charge in [-0.2, -0.15) is 0 Å². The lowest BCUT2D eigenvalue weighted by atomic mass is 9.72. The molecule has 140 valence electrons. The molecule has 1 N–H and O–H groups in total. The average molecular weight is 385 g/mol. The predicted molar refractivity (Wildman–Crippen MR) is 91.4 cm³/mol. The summed E-state index contributed by atoms with van der Waals surface area (Å²) in [5.74, 6) is -6.22. The van der Waals surface area contributed by atoms with Crippen molar-refractivity contribution in [2.75, 3.05) is 4.90 Å². The number of allylic oxidation sites excluding steroid dienone is 4. The van der Waals surface area contributed by atoms with E-state index in [1.54, 1.807) is 12.1 Å². The fourth-order valence-electron chi connectivity index (χ4n) is 4.03. The van der Waals surface area contributed by atoms with Crippen molar-refractivity contribution < 1.29 is 32.6 Å². The van der Waals surface area contributed by atoms with Gasteiger partial charge in [0.1, 0.15) is 11.3 Å². The number of ether oxygens (including phenoxy) is 1. The van der Waals surface area contributed by atoms with Crippen LogP contribution in [-0.2, 0) is 9.59 Å². The topological polar surface area (TPSA) is 66.8 Å². The van der Waals surface area contributed by atoms with Crippen LogP contribution in [0, 0.1) is 0 Å². The third-order valence-electron chi connectivity index (χ3n) is 5.13. The van der Waals surface area contributed by atoms with Crippen LogP contribution in [0.1, 0.15) is 0 Å². The molecule has 2 heterocycles. The van der Waals surface area contributed by atoms with Gasteiger partial charge < -0.3 is 14.7 Å². The van der Waals surface area contributed by atoms with E-state index in [9.17, 15) is 27.9 Å². The minimum atomic E-state index is -2.53. The fraction of sp³-hybridized carbons (Fsp3) is 0.100. The Kier molecular flexibility index (Phi) is 3.11. The second kappa shape index (κ2) is 5.25. The van der Waals surface area contributed by atoms with Gasteiger partial charge in [-0.1, -0.05) is 30.4 Å². The summed E-state index contributed by atoms with van der Waals surface area (Å²) in [6.45, 7) is 0. The SMILES string of the molecule is O=C(O)C1=C2C=CC=CC23Oc2ccccc2N2C3=C(C1=O)C(F)=C(F)C2F. The molecule has 2 aliphatic heterocycles. The van der Waals surface area contributed by atoms with Crippen molar-refractivity contribution in [3.8, 4) is 5.75 Å². The molecule has 0 radical (unpaired) electrons. The van der Waals surface area contributed by atoms with Crippen LogP contribution in [0.3, 0.4) is 0 Å². The molecule has 1 spiro atoms. The maximum Gasteiger partial charge on any atom is 0.340 e. The molecule has 0 bridgehead atoms. The fourth-order valence-corrected chi connectivity index (χ4v) is 4.03. The Morgan fingerprint density at radius 3 is 2.71 bits per heavy atom.